The highest BCUT2D eigenvalue weighted by Gasteiger charge is 2.38. The minimum atomic E-state index is -0.968. The molecule has 2 aliphatic rings. The quantitative estimate of drug-likeness (QED) is 0.531. The van der Waals surface area contributed by atoms with Crippen LogP contribution in [0.1, 0.15) is 50.2 Å². The van der Waals surface area contributed by atoms with Gasteiger partial charge in [0.25, 0.3) is 0 Å². The van der Waals surface area contributed by atoms with Crippen LogP contribution in [0.2, 0.25) is 0 Å². The molecule has 1 saturated heterocycles. The Bertz CT molecular complexity index is 1050. The zero-order valence-corrected chi connectivity index (χ0v) is 20.1. The van der Waals surface area contributed by atoms with E-state index in [0.717, 1.165) is 22.3 Å². The number of rotatable bonds is 8. The molecule has 0 bridgehead atoms. The fourth-order valence-corrected chi connectivity index (χ4v) is 4.95. The van der Waals surface area contributed by atoms with Gasteiger partial charge in [-0.05, 0) is 42.0 Å². The summed E-state index contributed by atoms with van der Waals surface area (Å²) < 4.78 is 10.9. The lowest BCUT2D eigenvalue weighted by molar-refractivity contribution is -0.141. The van der Waals surface area contributed by atoms with Crippen molar-refractivity contribution in [1.29, 1.82) is 0 Å². The average Bonchev–Trinajstić information content (AvgIpc) is 3.16. The van der Waals surface area contributed by atoms with E-state index in [1.165, 1.54) is 0 Å². The first-order chi connectivity index (χ1) is 16.8. The number of carboxylic acid groups (broad SMARTS) is 1. The lowest BCUT2D eigenvalue weighted by atomic mass is 9.85. The van der Waals surface area contributed by atoms with Gasteiger partial charge in [0.2, 0.25) is 5.91 Å². The van der Waals surface area contributed by atoms with Crippen molar-refractivity contribution in [3.05, 3.63) is 59.7 Å². The first-order valence-electron chi connectivity index (χ1n) is 12.0. The van der Waals surface area contributed by atoms with E-state index >= 15 is 0 Å². The molecule has 8 nitrogen and oxygen atoms in total. The Kier molecular flexibility index (Phi) is 7.40. The third-order valence-electron chi connectivity index (χ3n) is 7.18. The van der Waals surface area contributed by atoms with Crippen LogP contribution in [0.3, 0.4) is 0 Å². The largest absolute Gasteiger partial charge is 0.481 e. The molecule has 8 heteroatoms. The minimum absolute atomic E-state index is 0.0476. The molecule has 1 fully saturated rings. The van der Waals surface area contributed by atoms with Crippen LogP contribution in [-0.2, 0) is 19.1 Å². The van der Waals surface area contributed by atoms with Gasteiger partial charge in [-0.2, -0.15) is 0 Å². The van der Waals surface area contributed by atoms with Crippen LogP contribution in [0.25, 0.3) is 11.1 Å². The average molecular weight is 481 g/mol. The van der Waals surface area contributed by atoms with E-state index in [0.29, 0.717) is 26.1 Å². The molecule has 1 aliphatic carbocycles. The van der Waals surface area contributed by atoms with Crippen molar-refractivity contribution in [2.75, 3.05) is 19.8 Å². The highest BCUT2D eigenvalue weighted by Crippen LogP contribution is 2.44. The summed E-state index contributed by atoms with van der Waals surface area (Å²) in [5.74, 6) is -1.90. The minimum Gasteiger partial charge on any atom is -0.481 e. The van der Waals surface area contributed by atoms with Gasteiger partial charge < -0.3 is 25.2 Å². The van der Waals surface area contributed by atoms with E-state index in [1.807, 2.05) is 24.3 Å². The molecule has 4 rings (SSSR count). The number of benzene rings is 2. The van der Waals surface area contributed by atoms with Gasteiger partial charge in [-0.15, -0.1) is 0 Å². The second kappa shape index (κ2) is 10.5. The van der Waals surface area contributed by atoms with Gasteiger partial charge in [-0.3, -0.25) is 9.59 Å². The summed E-state index contributed by atoms with van der Waals surface area (Å²) in [5.41, 5.74) is 3.72. The fourth-order valence-electron chi connectivity index (χ4n) is 4.95. The number of carboxylic acids is 1. The highest BCUT2D eigenvalue weighted by atomic mass is 16.5. The molecular weight excluding hydrogens is 448 g/mol. The van der Waals surface area contributed by atoms with E-state index in [4.69, 9.17) is 9.47 Å². The Morgan fingerprint density at radius 1 is 1.03 bits per heavy atom. The molecule has 1 heterocycles. The molecule has 2 amide bonds. The first-order valence-corrected chi connectivity index (χ1v) is 12.0. The maximum Gasteiger partial charge on any atom is 0.407 e. The third-order valence-corrected chi connectivity index (χ3v) is 7.18. The van der Waals surface area contributed by atoms with Gasteiger partial charge in [0.1, 0.15) is 6.61 Å². The van der Waals surface area contributed by atoms with Gasteiger partial charge >= 0.3 is 12.1 Å². The van der Waals surface area contributed by atoms with Crippen molar-refractivity contribution in [3.63, 3.8) is 0 Å². The van der Waals surface area contributed by atoms with Crippen LogP contribution < -0.4 is 10.6 Å². The van der Waals surface area contributed by atoms with E-state index in [2.05, 4.69) is 34.9 Å². The first kappa shape index (κ1) is 24.7. The van der Waals surface area contributed by atoms with Crippen molar-refractivity contribution < 1.29 is 29.0 Å². The summed E-state index contributed by atoms with van der Waals surface area (Å²) in [5, 5.41) is 15.0. The van der Waals surface area contributed by atoms with Gasteiger partial charge in [0, 0.05) is 25.2 Å². The Hall–Kier alpha value is -3.39. The van der Waals surface area contributed by atoms with Crippen LogP contribution in [0, 0.1) is 5.92 Å². The Balaban J connectivity index is 1.34. The standard InChI is InChI=1S/C27H32N2O6/c1-17(25(32)29-27(15-24(30)31)11-13-34-14-12-27)18(2)28-26(33)35-16-23-21-9-5-3-7-19(21)20-8-4-6-10-22(20)23/h3-10,17-18,23H,11-16H2,1-2H3,(H,28,33)(H,29,32)(H,30,31). The van der Waals surface area contributed by atoms with Crippen molar-refractivity contribution in [2.24, 2.45) is 5.92 Å². The Morgan fingerprint density at radius 3 is 2.17 bits per heavy atom. The number of alkyl carbamates (subject to hydrolysis) is 1. The topological polar surface area (TPSA) is 114 Å². The number of aliphatic carboxylic acids is 1. The van der Waals surface area contributed by atoms with Crippen molar-refractivity contribution in [1.82, 2.24) is 10.6 Å². The molecule has 0 saturated carbocycles. The summed E-state index contributed by atoms with van der Waals surface area (Å²) in [4.78, 5) is 36.9. The highest BCUT2D eigenvalue weighted by molar-refractivity contribution is 5.82. The molecule has 0 spiro atoms. The lowest BCUT2D eigenvalue weighted by Gasteiger charge is -2.38. The monoisotopic (exact) mass is 480 g/mol. The van der Waals surface area contributed by atoms with Crippen molar-refractivity contribution in [3.8, 4) is 11.1 Å². The number of hydrogen-bond donors (Lipinski definition) is 3. The SMILES string of the molecule is CC(NC(=O)OCC1c2ccccc2-c2ccccc21)C(C)C(=O)NC1(CC(=O)O)CCOCC1. The van der Waals surface area contributed by atoms with E-state index < -0.39 is 29.6 Å². The van der Waals surface area contributed by atoms with Crippen molar-refractivity contribution >= 4 is 18.0 Å². The number of fused-ring (bicyclic) bond motifs is 3. The Morgan fingerprint density at radius 2 is 1.60 bits per heavy atom. The molecule has 2 unspecified atom stereocenters. The predicted molar refractivity (Wildman–Crippen MR) is 130 cm³/mol. The number of amides is 2. The van der Waals surface area contributed by atoms with Gasteiger partial charge in [-0.1, -0.05) is 55.5 Å². The molecular formula is C27H32N2O6. The summed E-state index contributed by atoms with van der Waals surface area (Å²) in [6.45, 7) is 4.43. The number of hydrogen-bond acceptors (Lipinski definition) is 5. The zero-order valence-electron chi connectivity index (χ0n) is 20.1. The molecule has 2 atom stereocenters. The maximum atomic E-state index is 12.9. The number of ether oxygens (including phenoxy) is 2. The second-order valence-corrected chi connectivity index (χ2v) is 9.50. The van der Waals surface area contributed by atoms with E-state index in [1.54, 1.807) is 13.8 Å². The molecule has 35 heavy (non-hydrogen) atoms. The number of carbonyl (C=O) groups excluding carboxylic acids is 2. The van der Waals surface area contributed by atoms with E-state index in [-0.39, 0.29) is 24.9 Å². The molecule has 0 radical (unpaired) electrons. The molecule has 2 aromatic rings. The zero-order chi connectivity index (χ0) is 25.0. The van der Waals surface area contributed by atoms with Crippen LogP contribution >= 0.6 is 0 Å². The lowest BCUT2D eigenvalue weighted by Crippen LogP contribution is -2.56. The van der Waals surface area contributed by atoms with Crippen LogP contribution in [0.15, 0.2) is 48.5 Å². The molecule has 1 aliphatic heterocycles. The normalized spacial score (nSPS) is 18.0. The number of carbonyl (C=O) groups is 3. The predicted octanol–water partition coefficient (Wildman–Crippen LogP) is 3.69. The fraction of sp³-hybridized carbons (Fsp3) is 0.444. The van der Waals surface area contributed by atoms with Crippen LogP contribution in [-0.4, -0.2) is 54.5 Å². The summed E-state index contributed by atoms with van der Waals surface area (Å²) >= 11 is 0. The van der Waals surface area contributed by atoms with Gasteiger partial charge in [-0.25, -0.2) is 4.79 Å². The Labute approximate surface area is 205 Å². The van der Waals surface area contributed by atoms with Gasteiger partial charge in [0.05, 0.1) is 17.9 Å². The molecule has 2 aromatic carbocycles. The number of nitrogens with one attached hydrogen (secondary N) is 2. The van der Waals surface area contributed by atoms with Crippen molar-refractivity contribution in [2.45, 2.75) is 50.6 Å². The van der Waals surface area contributed by atoms with Crippen LogP contribution in [0.4, 0.5) is 4.79 Å². The van der Waals surface area contributed by atoms with Gasteiger partial charge in [0.15, 0.2) is 0 Å². The smallest absolute Gasteiger partial charge is 0.407 e. The summed E-state index contributed by atoms with van der Waals surface area (Å²) in [7, 11) is 0. The van der Waals surface area contributed by atoms with Crippen LogP contribution in [0.5, 0.6) is 0 Å². The summed E-state index contributed by atoms with van der Waals surface area (Å²) in [6.07, 6.45) is 0.117. The molecule has 3 N–H and O–H groups in total. The van der Waals surface area contributed by atoms with E-state index in [9.17, 15) is 19.5 Å². The second-order valence-electron chi connectivity index (χ2n) is 9.50. The molecule has 186 valence electrons. The molecule has 0 aromatic heterocycles. The maximum absolute atomic E-state index is 12.9. The third kappa shape index (κ3) is 5.48. The summed E-state index contributed by atoms with van der Waals surface area (Å²) in [6, 6.07) is 15.7.